The number of Topliss-reactive ketones (excluding diaryl/α,β-unsaturated/α-hetero) is 1. The maximum absolute atomic E-state index is 12.8. The van der Waals surface area contributed by atoms with Gasteiger partial charge in [-0.05, 0) is 52.7 Å². The number of rotatable bonds is 1. The molecule has 120 valence electrons. The topological polar surface area (TPSA) is 37.3 Å². The Labute approximate surface area is 145 Å². The fraction of sp³-hybridized carbons (Fsp3) is 0.286. The SMILES string of the molecule is O=C1C[C@H]2C(c3ccccc3)=CC[C@H]3c4cc(Cl)ccc4[C@]1(O)[C@@H]23. The first-order valence-corrected chi connectivity index (χ1v) is 8.79. The monoisotopic (exact) mass is 336 g/mol. The lowest BCUT2D eigenvalue weighted by Gasteiger charge is -2.34. The van der Waals surface area contributed by atoms with Gasteiger partial charge in [0.2, 0.25) is 0 Å². The molecule has 0 heterocycles. The largest absolute Gasteiger partial charge is 0.377 e. The second-order valence-corrected chi connectivity index (χ2v) is 7.56. The van der Waals surface area contributed by atoms with Crippen LogP contribution in [0, 0.1) is 11.8 Å². The highest BCUT2D eigenvalue weighted by molar-refractivity contribution is 6.30. The van der Waals surface area contributed by atoms with Crippen molar-refractivity contribution in [3.05, 3.63) is 76.3 Å². The average Bonchev–Trinajstić information content (AvgIpc) is 3.01. The Morgan fingerprint density at radius 1 is 1.08 bits per heavy atom. The van der Waals surface area contributed by atoms with Crippen LogP contribution < -0.4 is 0 Å². The lowest BCUT2D eigenvalue weighted by atomic mass is 9.70. The Morgan fingerprint density at radius 2 is 1.88 bits per heavy atom. The van der Waals surface area contributed by atoms with E-state index < -0.39 is 5.60 Å². The molecule has 0 aromatic heterocycles. The summed E-state index contributed by atoms with van der Waals surface area (Å²) in [5, 5.41) is 12.1. The zero-order chi connectivity index (χ0) is 16.5. The number of halogens is 1. The first-order chi connectivity index (χ1) is 11.6. The molecule has 0 saturated heterocycles. The van der Waals surface area contributed by atoms with Crippen LogP contribution in [-0.2, 0) is 10.4 Å². The van der Waals surface area contributed by atoms with E-state index in [1.165, 1.54) is 5.57 Å². The summed E-state index contributed by atoms with van der Waals surface area (Å²) in [5.41, 5.74) is 2.85. The predicted octanol–water partition coefficient (Wildman–Crippen LogP) is 4.32. The van der Waals surface area contributed by atoms with E-state index in [4.69, 9.17) is 11.6 Å². The predicted molar refractivity (Wildman–Crippen MR) is 93.7 cm³/mol. The van der Waals surface area contributed by atoms with Gasteiger partial charge in [0.25, 0.3) is 0 Å². The third-order valence-corrected chi connectivity index (χ3v) is 6.34. The Kier molecular flexibility index (Phi) is 2.89. The standard InChI is InChI=1S/C21H17ClO2/c22-13-6-9-18-16(10-13)15-8-7-14(12-4-2-1-3-5-12)17-11-19(23)21(18,24)20(15)17/h1-7,9-10,15,17,20,24H,8,11H2/t15-,17-,20+,21+/m0/s1. The van der Waals surface area contributed by atoms with Crippen LogP contribution in [0.4, 0.5) is 0 Å². The molecule has 2 aromatic rings. The fourth-order valence-corrected chi connectivity index (χ4v) is 5.37. The molecule has 1 fully saturated rings. The highest BCUT2D eigenvalue weighted by Crippen LogP contribution is 2.64. The minimum atomic E-state index is -1.34. The summed E-state index contributed by atoms with van der Waals surface area (Å²) in [6, 6.07) is 15.8. The Balaban J connectivity index is 1.69. The van der Waals surface area contributed by atoms with Crippen LogP contribution in [0.15, 0.2) is 54.6 Å². The third kappa shape index (κ3) is 1.68. The highest BCUT2D eigenvalue weighted by atomic mass is 35.5. The van der Waals surface area contributed by atoms with Gasteiger partial charge in [0.1, 0.15) is 0 Å². The lowest BCUT2D eigenvalue weighted by Crippen LogP contribution is -2.36. The van der Waals surface area contributed by atoms with Crippen molar-refractivity contribution in [1.29, 1.82) is 0 Å². The first kappa shape index (κ1) is 14.4. The van der Waals surface area contributed by atoms with Crippen LogP contribution in [0.2, 0.25) is 5.02 Å². The molecule has 1 saturated carbocycles. The van der Waals surface area contributed by atoms with Gasteiger partial charge in [0.15, 0.2) is 11.4 Å². The van der Waals surface area contributed by atoms with Gasteiger partial charge in [-0.3, -0.25) is 4.79 Å². The third-order valence-electron chi connectivity index (χ3n) is 6.10. The van der Waals surface area contributed by atoms with Crippen LogP contribution in [0.1, 0.15) is 35.4 Å². The molecule has 2 nitrogen and oxygen atoms in total. The summed E-state index contributed by atoms with van der Waals surface area (Å²) in [5.74, 6) is 0.133. The maximum atomic E-state index is 12.8. The number of carbonyl (C=O) groups excluding carboxylic acids is 1. The number of hydrogen-bond donors (Lipinski definition) is 1. The van der Waals surface area contributed by atoms with Gasteiger partial charge in [-0.25, -0.2) is 0 Å². The molecule has 0 bridgehead atoms. The van der Waals surface area contributed by atoms with Crippen molar-refractivity contribution >= 4 is 23.0 Å². The molecule has 2 aromatic carbocycles. The molecule has 0 radical (unpaired) electrons. The molecule has 24 heavy (non-hydrogen) atoms. The van der Waals surface area contributed by atoms with Crippen molar-refractivity contribution in [1.82, 2.24) is 0 Å². The quantitative estimate of drug-likeness (QED) is 0.842. The van der Waals surface area contributed by atoms with E-state index >= 15 is 0 Å². The molecule has 0 unspecified atom stereocenters. The Bertz CT molecular complexity index is 886. The zero-order valence-corrected chi connectivity index (χ0v) is 13.8. The number of benzene rings is 2. The van der Waals surface area contributed by atoms with Crippen LogP contribution in [-0.4, -0.2) is 10.9 Å². The van der Waals surface area contributed by atoms with Gasteiger partial charge >= 0.3 is 0 Å². The van der Waals surface area contributed by atoms with Crippen LogP contribution in [0.25, 0.3) is 5.57 Å². The maximum Gasteiger partial charge on any atom is 0.169 e. The Hall–Kier alpha value is -1.90. The van der Waals surface area contributed by atoms with Crippen molar-refractivity contribution in [3.63, 3.8) is 0 Å². The first-order valence-electron chi connectivity index (χ1n) is 8.42. The van der Waals surface area contributed by atoms with E-state index in [0.717, 1.165) is 23.1 Å². The van der Waals surface area contributed by atoms with E-state index in [-0.39, 0.29) is 23.5 Å². The molecule has 3 heteroatoms. The summed E-state index contributed by atoms with van der Waals surface area (Å²) in [6.45, 7) is 0. The summed E-state index contributed by atoms with van der Waals surface area (Å²) in [4.78, 5) is 12.8. The number of carbonyl (C=O) groups is 1. The zero-order valence-electron chi connectivity index (χ0n) is 13.1. The molecule has 0 aliphatic heterocycles. The Morgan fingerprint density at radius 3 is 2.67 bits per heavy atom. The molecule has 0 amide bonds. The molecule has 4 atom stereocenters. The van der Waals surface area contributed by atoms with Crippen molar-refractivity contribution in [3.8, 4) is 0 Å². The summed E-state index contributed by atoms with van der Waals surface area (Å²) >= 11 is 6.18. The average molecular weight is 337 g/mol. The molecule has 3 aliphatic rings. The van der Waals surface area contributed by atoms with Crippen molar-refractivity contribution in [2.45, 2.75) is 24.4 Å². The smallest absolute Gasteiger partial charge is 0.169 e. The summed E-state index contributed by atoms with van der Waals surface area (Å²) in [6.07, 6.45) is 3.52. The van der Waals surface area contributed by atoms with E-state index in [1.807, 2.05) is 30.3 Å². The number of ketones is 1. The van der Waals surface area contributed by atoms with Gasteiger partial charge in [0, 0.05) is 17.4 Å². The van der Waals surface area contributed by atoms with Crippen molar-refractivity contribution < 1.29 is 9.90 Å². The van der Waals surface area contributed by atoms with Crippen LogP contribution >= 0.6 is 11.6 Å². The lowest BCUT2D eigenvalue weighted by molar-refractivity contribution is -0.137. The second kappa shape index (κ2) is 4.81. The van der Waals surface area contributed by atoms with Gasteiger partial charge in [-0.2, -0.15) is 0 Å². The molecular weight excluding hydrogens is 320 g/mol. The van der Waals surface area contributed by atoms with Gasteiger partial charge in [0.05, 0.1) is 0 Å². The molecule has 1 N–H and O–H groups in total. The van der Waals surface area contributed by atoms with Crippen LogP contribution in [0.3, 0.4) is 0 Å². The number of fused-ring (bicyclic) bond motifs is 3. The number of allylic oxidation sites excluding steroid dienone is 2. The minimum absolute atomic E-state index is 0.0488. The molecule has 3 aliphatic carbocycles. The second-order valence-electron chi connectivity index (χ2n) is 7.13. The van der Waals surface area contributed by atoms with Crippen molar-refractivity contribution in [2.75, 3.05) is 0 Å². The van der Waals surface area contributed by atoms with Gasteiger partial charge < -0.3 is 5.11 Å². The van der Waals surface area contributed by atoms with E-state index in [1.54, 1.807) is 6.07 Å². The van der Waals surface area contributed by atoms with E-state index in [0.29, 0.717) is 11.4 Å². The molecule has 0 spiro atoms. The highest BCUT2D eigenvalue weighted by Gasteiger charge is 2.64. The number of aliphatic hydroxyl groups is 1. The normalized spacial score (nSPS) is 33.2. The van der Waals surface area contributed by atoms with Crippen molar-refractivity contribution in [2.24, 2.45) is 11.8 Å². The summed E-state index contributed by atoms with van der Waals surface area (Å²) in [7, 11) is 0. The minimum Gasteiger partial charge on any atom is -0.377 e. The number of hydrogen-bond acceptors (Lipinski definition) is 2. The molecular formula is C21H17ClO2. The van der Waals surface area contributed by atoms with Gasteiger partial charge in [-0.1, -0.05) is 54.1 Å². The van der Waals surface area contributed by atoms with E-state index in [9.17, 15) is 9.90 Å². The van der Waals surface area contributed by atoms with Gasteiger partial charge in [-0.15, -0.1) is 0 Å². The summed E-state index contributed by atoms with van der Waals surface area (Å²) < 4.78 is 0. The van der Waals surface area contributed by atoms with Crippen LogP contribution in [0.5, 0.6) is 0 Å². The molecule has 5 rings (SSSR count). The van der Waals surface area contributed by atoms with E-state index in [2.05, 4.69) is 18.2 Å². The fourth-order valence-electron chi connectivity index (χ4n) is 5.19.